The highest BCUT2D eigenvalue weighted by Gasteiger charge is 2.22. The molecular weight excluding hydrogens is 368 g/mol. The molecule has 0 saturated carbocycles. The molecule has 7 heteroatoms. The molecule has 0 spiro atoms. The number of benzene rings is 1. The third-order valence-corrected chi connectivity index (χ3v) is 5.42. The first-order valence-corrected chi connectivity index (χ1v) is 10.0. The Hall–Kier alpha value is -2.93. The molecule has 0 aliphatic carbocycles. The van der Waals surface area contributed by atoms with E-state index < -0.39 is 5.91 Å². The Balaban J connectivity index is 1.84. The van der Waals surface area contributed by atoms with Crippen molar-refractivity contribution in [3.8, 4) is 0 Å². The second-order valence-corrected chi connectivity index (χ2v) is 7.35. The molecule has 0 bridgehead atoms. The highest BCUT2D eigenvalue weighted by atomic mass is 16.2. The molecule has 0 unspecified atom stereocenters. The molecule has 1 fully saturated rings. The maximum Gasteiger partial charge on any atom is 0.263 e. The maximum absolute atomic E-state index is 13.1. The van der Waals surface area contributed by atoms with Crippen molar-refractivity contribution in [1.29, 1.82) is 0 Å². The second-order valence-electron chi connectivity index (χ2n) is 7.35. The number of aromatic nitrogens is 1. The van der Waals surface area contributed by atoms with Crippen molar-refractivity contribution in [2.45, 2.75) is 38.6 Å². The van der Waals surface area contributed by atoms with Crippen LogP contribution in [0, 0.1) is 6.92 Å². The molecule has 3 rings (SSSR count). The zero-order valence-corrected chi connectivity index (χ0v) is 17.0. The Morgan fingerprint density at radius 1 is 1.17 bits per heavy atom. The normalized spacial score (nSPS) is 14.4. The van der Waals surface area contributed by atoms with E-state index in [1.54, 1.807) is 30.8 Å². The summed E-state index contributed by atoms with van der Waals surface area (Å²) in [5.41, 5.74) is 2.05. The molecule has 1 aliphatic rings. The number of aryl methyl sites for hydroxylation is 2. The topological polar surface area (TPSA) is 92.2 Å². The van der Waals surface area contributed by atoms with E-state index in [1.165, 1.54) is 0 Å². The lowest BCUT2D eigenvalue weighted by molar-refractivity contribution is -0.120. The lowest BCUT2D eigenvalue weighted by Crippen LogP contribution is -2.37. The molecule has 2 amide bonds. The predicted octanol–water partition coefficient (Wildman–Crippen LogP) is 2.01. The Labute approximate surface area is 170 Å². The van der Waals surface area contributed by atoms with E-state index in [0.29, 0.717) is 24.1 Å². The molecule has 7 nitrogen and oxygen atoms in total. The van der Waals surface area contributed by atoms with Gasteiger partial charge in [0.25, 0.3) is 11.5 Å². The molecule has 1 saturated heterocycles. The summed E-state index contributed by atoms with van der Waals surface area (Å²) in [5, 5.41) is 8.78. The van der Waals surface area contributed by atoms with Crippen molar-refractivity contribution >= 4 is 17.5 Å². The molecule has 3 N–H and O–H groups in total. The SMILES string of the molecule is CNC(=O)CCc1ccccc1NC(=O)c1c(C)ccn(C2CCNCC2)c1=O. The fraction of sp³-hybridized carbons (Fsp3) is 0.409. The molecule has 0 radical (unpaired) electrons. The van der Waals surface area contributed by atoms with Crippen LogP contribution in [-0.2, 0) is 11.2 Å². The molecule has 1 aromatic carbocycles. The first kappa shape index (κ1) is 20.8. The van der Waals surface area contributed by atoms with E-state index >= 15 is 0 Å². The molecule has 2 aromatic rings. The smallest absolute Gasteiger partial charge is 0.263 e. The second kappa shape index (κ2) is 9.52. The quantitative estimate of drug-likeness (QED) is 0.697. The van der Waals surface area contributed by atoms with Gasteiger partial charge in [0.15, 0.2) is 0 Å². The zero-order chi connectivity index (χ0) is 20.8. The summed E-state index contributed by atoms with van der Waals surface area (Å²) in [7, 11) is 1.60. The molecule has 0 atom stereocenters. The average Bonchev–Trinajstić information content (AvgIpc) is 2.73. The molecule has 1 aromatic heterocycles. The van der Waals surface area contributed by atoms with Gasteiger partial charge in [-0.2, -0.15) is 0 Å². The monoisotopic (exact) mass is 396 g/mol. The number of piperidine rings is 1. The Morgan fingerprint density at radius 3 is 2.62 bits per heavy atom. The lowest BCUT2D eigenvalue weighted by atomic mass is 10.0. The summed E-state index contributed by atoms with van der Waals surface area (Å²) in [4.78, 5) is 37.7. The first-order chi connectivity index (χ1) is 14.0. The number of amides is 2. The average molecular weight is 396 g/mol. The Kier molecular flexibility index (Phi) is 6.82. The van der Waals surface area contributed by atoms with E-state index in [0.717, 1.165) is 31.5 Å². The molecule has 154 valence electrons. The van der Waals surface area contributed by atoms with Gasteiger partial charge in [-0.15, -0.1) is 0 Å². The van der Waals surface area contributed by atoms with Crippen LogP contribution in [0.5, 0.6) is 0 Å². The standard InChI is InChI=1S/C22H28N4O3/c1-15-11-14-26(17-9-12-24-13-10-17)22(29)20(15)21(28)25-18-6-4-3-5-16(18)7-8-19(27)23-2/h3-6,11,14,17,24H,7-10,12-13H2,1-2H3,(H,23,27)(H,25,28). The van der Waals surface area contributed by atoms with Crippen molar-refractivity contribution in [1.82, 2.24) is 15.2 Å². The maximum atomic E-state index is 13.1. The Morgan fingerprint density at radius 2 is 1.90 bits per heavy atom. The summed E-state index contributed by atoms with van der Waals surface area (Å²) >= 11 is 0. The van der Waals surface area contributed by atoms with Gasteiger partial charge in [0.1, 0.15) is 5.56 Å². The highest BCUT2D eigenvalue weighted by molar-refractivity contribution is 6.05. The van der Waals surface area contributed by atoms with E-state index in [2.05, 4.69) is 16.0 Å². The molecule has 2 heterocycles. The van der Waals surface area contributed by atoms with E-state index in [4.69, 9.17) is 0 Å². The largest absolute Gasteiger partial charge is 0.359 e. The zero-order valence-electron chi connectivity index (χ0n) is 17.0. The number of para-hydroxylation sites is 1. The van der Waals surface area contributed by atoms with Crippen LogP contribution in [0.1, 0.15) is 46.8 Å². The molecule has 29 heavy (non-hydrogen) atoms. The van der Waals surface area contributed by atoms with Crippen LogP contribution in [0.25, 0.3) is 0 Å². The van der Waals surface area contributed by atoms with Gasteiger partial charge in [-0.3, -0.25) is 14.4 Å². The summed E-state index contributed by atoms with van der Waals surface area (Å²) < 4.78 is 1.69. The van der Waals surface area contributed by atoms with E-state index in [1.807, 2.05) is 24.3 Å². The number of carbonyl (C=O) groups is 2. The number of carbonyl (C=O) groups excluding carboxylic acids is 2. The fourth-order valence-corrected chi connectivity index (χ4v) is 3.71. The minimum atomic E-state index is -0.414. The van der Waals surface area contributed by atoms with Crippen molar-refractivity contribution in [2.75, 3.05) is 25.5 Å². The number of hydrogen-bond acceptors (Lipinski definition) is 4. The van der Waals surface area contributed by atoms with Crippen molar-refractivity contribution in [2.24, 2.45) is 0 Å². The van der Waals surface area contributed by atoms with Gasteiger partial charge in [0.05, 0.1) is 0 Å². The molecular formula is C22H28N4O3. The van der Waals surface area contributed by atoms with Crippen LogP contribution < -0.4 is 21.5 Å². The number of hydrogen-bond donors (Lipinski definition) is 3. The van der Waals surface area contributed by atoms with Gasteiger partial charge in [-0.25, -0.2) is 0 Å². The number of anilines is 1. The summed E-state index contributed by atoms with van der Waals surface area (Å²) in [6.45, 7) is 3.51. The van der Waals surface area contributed by atoms with Crippen LogP contribution in [-0.4, -0.2) is 36.5 Å². The Bertz CT molecular complexity index is 945. The predicted molar refractivity (Wildman–Crippen MR) is 113 cm³/mol. The minimum Gasteiger partial charge on any atom is -0.359 e. The van der Waals surface area contributed by atoms with E-state index in [-0.39, 0.29) is 23.1 Å². The van der Waals surface area contributed by atoms with Crippen molar-refractivity contribution in [3.63, 3.8) is 0 Å². The van der Waals surface area contributed by atoms with Crippen molar-refractivity contribution in [3.05, 3.63) is 63.6 Å². The third kappa shape index (κ3) is 4.92. The number of nitrogens with one attached hydrogen (secondary N) is 3. The van der Waals surface area contributed by atoms with Gasteiger partial charge in [-0.1, -0.05) is 18.2 Å². The van der Waals surface area contributed by atoms with Gasteiger partial charge >= 0.3 is 0 Å². The minimum absolute atomic E-state index is 0.0603. The van der Waals surface area contributed by atoms with E-state index in [9.17, 15) is 14.4 Å². The third-order valence-electron chi connectivity index (χ3n) is 5.42. The fourth-order valence-electron chi connectivity index (χ4n) is 3.71. The summed E-state index contributed by atoms with van der Waals surface area (Å²) in [6.07, 6.45) is 4.36. The van der Waals surface area contributed by atoms with Crippen LogP contribution in [0.3, 0.4) is 0 Å². The van der Waals surface area contributed by atoms with Gasteiger partial charge in [0, 0.05) is 31.4 Å². The van der Waals surface area contributed by atoms with Crippen LogP contribution in [0.2, 0.25) is 0 Å². The van der Waals surface area contributed by atoms with Crippen molar-refractivity contribution < 1.29 is 9.59 Å². The number of nitrogens with zero attached hydrogens (tertiary/aromatic N) is 1. The van der Waals surface area contributed by atoms with Crippen LogP contribution in [0.4, 0.5) is 5.69 Å². The van der Waals surface area contributed by atoms with Crippen LogP contribution >= 0.6 is 0 Å². The first-order valence-electron chi connectivity index (χ1n) is 10.0. The summed E-state index contributed by atoms with van der Waals surface area (Å²) in [5.74, 6) is -0.474. The number of rotatable bonds is 6. The lowest BCUT2D eigenvalue weighted by Gasteiger charge is -2.25. The summed E-state index contributed by atoms with van der Waals surface area (Å²) in [6, 6.07) is 9.30. The van der Waals surface area contributed by atoms with Gasteiger partial charge < -0.3 is 20.5 Å². The van der Waals surface area contributed by atoms with Gasteiger partial charge in [-0.05, 0) is 62.5 Å². The van der Waals surface area contributed by atoms with Crippen LogP contribution in [0.15, 0.2) is 41.3 Å². The highest BCUT2D eigenvalue weighted by Crippen LogP contribution is 2.20. The number of pyridine rings is 1. The molecule has 1 aliphatic heterocycles. The van der Waals surface area contributed by atoms with Gasteiger partial charge in [0.2, 0.25) is 5.91 Å².